The van der Waals surface area contributed by atoms with E-state index < -0.39 is 5.95 Å². The zero-order valence-electron chi connectivity index (χ0n) is 12.3. The summed E-state index contributed by atoms with van der Waals surface area (Å²) in [5.41, 5.74) is 8.35. The second-order valence-corrected chi connectivity index (χ2v) is 6.93. The summed E-state index contributed by atoms with van der Waals surface area (Å²) in [5, 5.41) is 0.277. The minimum absolute atomic E-state index is 0.0215. The van der Waals surface area contributed by atoms with Crippen LogP contribution in [0.4, 0.5) is 10.2 Å². The van der Waals surface area contributed by atoms with Gasteiger partial charge in [0.25, 0.3) is 0 Å². The van der Waals surface area contributed by atoms with Gasteiger partial charge >= 0.3 is 0 Å². The minimum Gasteiger partial charge on any atom is -0.382 e. The van der Waals surface area contributed by atoms with Crippen LogP contribution in [0.2, 0.25) is 5.02 Å². The molecule has 2 aliphatic rings. The molecule has 0 amide bonds. The molecule has 1 saturated heterocycles. The summed E-state index contributed by atoms with van der Waals surface area (Å²) in [6.45, 7) is 2.29. The molecule has 4 rings (SSSR count). The van der Waals surface area contributed by atoms with Crippen molar-refractivity contribution in [2.45, 2.75) is 11.8 Å². The number of likely N-dealkylation sites (tertiary alicyclic amines) is 1. The molecule has 0 bridgehead atoms. The van der Waals surface area contributed by atoms with E-state index in [2.05, 4.69) is 29.1 Å². The van der Waals surface area contributed by atoms with Crippen molar-refractivity contribution in [1.82, 2.24) is 9.88 Å². The van der Waals surface area contributed by atoms with Crippen molar-refractivity contribution >= 4 is 17.4 Å². The highest BCUT2D eigenvalue weighted by atomic mass is 35.5. The van der Waals surface area contributed by atoms with Crippen molar-refractivity contribution in [3.63, 3.8) is 0 Å². The Hall–Kier alpha value is -1.65. The third-order valence-corrected chi connectivity index (χ3v) is 5.35. The maximum Gasteiger partial charge on any atom is 0.222 e. The molecular weight excluding hydrogens is 301 g/mol. The Morgan fingerprint density at radius 2 is 2.09 bits per heavy atom. The standard InChI is InChI=1S/C17H17ClFN3/c1-22-8-12-7-17(12,9-22)11-4-2-10(3-5-11)13-6-14(18)16(20)21-15(13)19/h2-6,12H,7-9H2,1H3,(H2,20,21)/t12-,17+/m1/s1. The van der Waals surface area contributed by atoms with Gasteiger partial charge in [-0.15, -0.1) is 0 Å². The largest absolute Gasteiger partial charge is 0.382 e. The molecule has 0 radical (unpaired) electrons. The van der Waals surface area contributed by atoms with Crippen LogP contribution in [0.25, 0.3) is 11.1 Å². The summed E-state index contributed by atoms with van der Waals surface area (Å²) in [4.78, 5) is 6.03. The van der Waals surface area contributed by atoms with Gasteiger partial charge in [0.05, 0.1) is 5.02 Å². The maximum atomic E-state index is 14.0. The van der Waals surface area contributed by atoms with Crippen LogP contribution >= 0.6 is 11.6 Å². The minimum atomic E-state index is -0.585. The molecular formula is C17H17ClFN3. The van der Waals surface area contributed by atoms with Crippen LogP contribution in [0.3, 0.4) is 0 Å². The Balaban J connectivity index is 1.67. The fourth-order valence-corrected chi connectivity index (χ4v) is 4.00. The number of nitrogens with two attached hydrogens (primary N) is 1. The Labute approximate surface area is 133 Å². The molecule has 5 heteroatoms. The molecule has 2 fully saturated rings. The number of anilines is 1. The molecule has 2 heterocycles. The fourth-order valence-electron chi connectivity index (χ4n) is 3.84. The van der Waals surface area contributed by atoms with E-state index >= 15 is 0 Å². The Kier molecular flexibility index (Phi) is 2.97. The molecule has 1 aliphatic heterocycles. The van der Waals surface area contributed by atoms with Gasteiger partial charge in [0.2, 0.25) is 5.95 Å². The van der Waals surface area contributed by atoms with Gasteiger partial charge in [0.15, 0.2) is 0 Å². The number of fused-ring (bicyclic) bond motifs is 1. The Morgan fingerprint density at radius 3 is 2.73 bits per heavy atom. The predicted molar refractivity (Wildman–Crippen MR) is 86.3 cm³/mol. The molecule has 1 aromatic carbocycles. The van der Waals surface area contributed by atoms with Crippen LogP contribution < -0.4 is 5.73 Å². The van der Waals surface area contributed by atoms with Crippen molar-refractivity contribution in [2.75, 3.05) is 25.9 Å². The van der Waals surface area contributed by atoms with Crippen molar-refractivity contribution in [2.24, 2.45) is 5.92 Å². The zero-order chi connectivity index (χ0) is 15.5. The zero-order valence-corrected chi connectivity index (χ0v) is 13.1. The highest BCUT2D eigenvalue weighted by molar-refractivity contribution is 6.33. The first-order valence-electron chi connectivity index (χ1n) is 7.40. The van der Waals surface area contributed by atoms with E-state index in [1.807, 2.05) is 12.1 Å². The van der Waals surface area contributed by atoms with E-state index in [0.717, 1.165) is 18.0 Å². The average Bonchev–Trinajstić information content (AvgIpc) is 3.06. The van der Waals surface area contributed by atoms with Gasteiger partial charge in [-0.1, -0.05) is 35.9 Å². The fraction of sp³-hybridized carbons (Fsp3) is 0.353. The molecule has 3 nitrogen and oxygen atoms in total. The topological polar surface area (TPSA) is 42.1 Å². The number of rotatable bonds is 2. The molecule has 2 aromatic rings. The third kappa shape index (κ3) is 2.02. The molecule has 22 heavy (non-hydrogen) atoms. The van der Waals surface area contributed by atoms with Gasteiger partial charge in [-0.2, -0.15) is 4.39 Å². The molecule has 1 aliphatic carbocycles. The first kappa shape index (κ1) is 14.0. The van der Waals surface area contributed by atoms with Gasteiger partial charge in [0, 0.05) is 24.1 Å². The monoisotopic (exact) mass is 317 g/mol. The van der Waals surface area contributed by atoms with Crippen molar-refractivity contribution in [1.29, 1.82) is 0 Å². The quantitative estimate of drug-likeness (QED) is 0.864. The average molecular weight is 318 g/mol. The summed E-state index contributed by atoms with van der Waals surface area (Å²) in [6, 6.07) is 9.65. The number of aromatic nitrogens is 1. The van der Waals surface area contributed by atoms with Crippen molar-refractivity contribution < 1.29 is 4.39 Å². The predicted octanol–water partition coefficient (Wildman–Crippen LogP) is 3.33. The van der Waals surface area contributed by atoms with E-state index in [1.165, 1.54) is 24.6 Å². The lowest BCUT2D eigenvalue weighted by molar-refractivity contribution is 0.363. The number of likely N-dealkylation sites (N-methyl/N-ethyl adjacent to an activating group) is 1. The van der Waals surface area contributed by atoms with Crippen LogP contribution in [0.15, 0.2) is 30.3 Å². The highest BCUT2D eigenvalue weighted by Gasteiger charge is 2.59. The van der Waals surface area contributed by atoms with Crippen LogP contribution in [0, 0.1) is 11.9 Å². The van der Waals surface area contributed by atoms with Gasteiger partial charge in [-0.3, -0.25) is 0 Å². The molecule has 0 spiro atoms. The summed E-state index contributed by atoms with van der Waals surface area (Å²) < 4.78 is 14.0. The van der Waals surface area contributed by atoms with E-state index in [0.29, 0.717) is 11.0 Å². The Morgan fingerprint density at radius 1 is 1.36 bits per heavy atom. The number of benzene rings is 1. The second-order valence-electron chi connectivity index (χ2n) is 6.53. The first-order chi connectivity index (χ1) is 10.5. The number of halogens is 2. The van der Waals surface area contributed by atoms with Crippen LogP contribution in [-0.2, 0) is 5.41 Å². The first-order valence-corrected chi connectivity index (χ1v) is 7.78. The van der Waals surface area contributed by atoms with E-state index in [4.69, 9.17) is 17.3 Å². The van der Waals surface area contributed by atoms with Gasteiger partial charge in [-0.05, 0) is 36.6 Å². The molecule has 2 atom stereocenters. The number of hydrogen-bond donors (Lipinski definition) is 1. The number of pyridine rings is 1. The SMILES string of the molecule is CN1C[C@H]2C[C@@]2(c2ccc(-c3cc(Cl)c(N)nc3F)cc2)C1. The summed E-state index contributed by atoms with van der Waals surface area (Å²) in [5.74, 6) is 0.207. The molecule has 0 unspecified atom stereocenters. The van der Waals surface area contributed by atoms with Crippen LogP contribution in [0.1, 0.15) is 12.0 Å². The summed E-state index contributed by atoms with van der Waals surface area (Å²) in [6.07, 6.45) is 1.26. The lowest BCUT2D eigenvalue weighted by atomic mass is 9.93. The van der Waals surface area contributed by atoms with Gasteiger partial charge in [0.1, 0.15) is 5.82 Å². The number of nitrogens with zero attached hydrogens (tertiary/aromatic N) is 2. The molecule has 114 valence electrons. The highest BCUT2D eigenvalue weighted by Crippen LogP contribution is 2.58. The molecule has 1 saturated carbocycles. The molecule has 1 aromatic heterocycles. The Bertz CT molecular complexity index is 746. The van der Waals surface area contributed by atoms with Crippen LogP contribution in [-0.4, -0.2) is 30.0 Å². The lowest BCUT2D eigenvalue weighted by Crippen LogP contribution is -2.22. The molecule has 2 N–H and O–H groups in total. The smallest absolute Gasteiger partial charge is 0.222 e. The normalized spacial score (nSPS) is 27.0. The summed E-state index contributed by atoms with van der Waals surface area (Å²) >= 11 is 5.96. The number of hydrogen-bond acceptors (Lipinski definition) is 3. The second kappa shape index (κ2) is 4.67. The van der Waals surface area contributed by atoms with Crippen molar-refractivity contribution in [3.8, 4) is 11.1 Å². The van der Waals surface area contributed by atoms with Crippen LogP contribution in [0.5, 0.6) is 0 Å². The van der Waals surface area contributed by atoms with E-state index in [-0.39, 0.29) is 10.8 Å². The van der Waals surface area contributed by atoms with Crippen molar-refractivity contribution in [3.05, 3.63) is 46.9 Å². The van der Waals surface area contributed by atoms with Gasteiger partial charge in [-0.25, -0.2) is 4.98 Å². The number of nitrogen functional groups attached to an aromatic ring is 1. The maximum absolute atomic E-state index is 14.0. The third-order valence-electron chi connectivity index (χ3n) is 5.04. The lowest BCUT2D eigenvalue weighted by Gasteiger charge is -2.17. The van der Waals surface area contributed by atoms with Gasteiger partial charge < -0.3 is 10.6 Å². The number of piperidine rings is 1. The summed E-state index contributed by atoms with van der Waals surface area (Å²) in [7, 11) is 2.17. The van der Waals surface area contributed by atoms with E-state index in [1.54, 1.807) is 0 Å². The van der Waals surface area contributed by atoms with E-state index in [9.17, 15) is 4.39 Å².